The monoisotopic (exact) mass is 301 g/mol. The fourth-order valence-corrected chi connectivity index (χ4v) is 4.34. The van der Waals surface area contributed by atoms with Gasteiger partial charge < -0.3 is 14.4 Å². The van der Waals surface area contributed by atoms with Gasteiger partial charge in [-0.25, -0.2) is 0 Å². The first-order chi connectivity index (χ1) is 10.8. The highest BCUT2D eigenvalue weighted by atomic mass is 16.7. The van der Waals surface area contributed by atoms with E-state index in [0.717, 1.165) is 26.0 Å². The van der Waals surface area contributed by atoms with Crippen molar-refractivity contribution < 1.29 is 9.47 Å². The van der Waals surface area contributed by atoms with E-state index in [4.69, 9.17) is 9.47 Å². The van der Waals surface area contributed by atoms with E-state index >= 15 is 0 Å². The smallest absolute Gasteiger partial charge is 0.169 e. The minimum Gasteiger partial charge on any atom is -0.347 e. The van der Waals surface area contributed by atoms with Gasteiger partial charge in [0.05, 0.1) is 12.7 Å². The molecule has 0 aromatic heterocycles. The van der Waals surface area contributed by atoms with E-state index in [0.29, 0.717) is 5.92 Å². The summed E-state index contributed by atoms with van der Waals surface area (Å²) in [6.07, 6.45) is 7.42. The zero-order chi connectivity index (χ0) is 14.8. The molecule has 0 radical (unpaired) electrons. The minimum atomic E-state index is -0.268. The van der Waals surface area contributed by atoms with Crippen molar-refractivity contribution in [3.63, 3.8) is 0 Å². The Morgan fingerprint density at radius 1 is 1.05 bits per heavy atom. The molecule has 4 rings (SSSR count). The fraction of sp³-hybridized carbons (Fsp3) is 0.684. The van der Waals surface area contributed by atoms with Crippen molar-refractivity contribution in [3.8, 4) is 0 Å². The van der Waals surface area contributed by atoms with E-state index in [2.05, 4.69) is 35.2 Å². The summed E-state index contributed by atoms with van der Waals surface area (Å²) in [4.78, 5) is 2.53. The van der Waals surface area contributed by atoms with Gasteiger partial charge in [0.15, 0.2) is 5.79 Å². The Kier molecular flexibility index (Phi) is 4.21. The van der Waals surface area contributed by atoms with Gasteiger partial charge in [0.25, 0.3) is 0 Å². The third-order valence-electron chi connectivity index (χ3n) is 5.59. The topological polar surface area (TPSA) is 21.7 Å². The molecule has 120 valence electrons. The Morgan fingerprint density at radius 3 is 2.50 bits per heavy atom. The van der Waals surface area contributed by atoms with Crippen LogP contribution in [-0.4, -0.2) is 43.0 Å². The Balaban J connectivity index is 1.31. The maximum atomic E-state index is 6.37. The molecular weight excluding hydrogens is 274 g/mol. The first kappa shape index (κ1) is 14.7. The highest BCUT2D eigenvalue weighted by molar-refractivity contribution is 5.20. The lowest BCUT2D eigenvalue weighted by Crippen LogP contribution is -2.37. The lowest BCUT2D eigenvalue weighted by molar-refractivity contribution is -0.190. The molecule has 1 atom stereocenters. The van der Waals surface area contributed by atoms with E-state index in [9.17, 15) is 0 Å². The van der Waals surface area contributed by atoms with Crippen LogP contribution >= 0.6 is 0 Å². The number of nitrogens with zero attached hydrogens (tertiary/aromatic N) is 1. The molecule has 1 aromatic rings. The molecule has 2 heterocycles. The van der Waals surface area contributed by atoms with Crippen molar-refractivity contribution in [2.45, 2.75) is 56.3 Å². The highest BCUT2D eigenvalue weighted by Crippen LogP contribution is 2.43. The van der Waals surface area contributed by atoms with Crippen molar-refractivity contribution in [2.75, 3.05) is 26.2 Å². The third kappa shape index (κ3) is 3.08. The molecule has 2 aliphatic heterocycles. The quantitative estimate of drug-likeness (QED) is 0.852. The fourth-order valence-electron chi connectivity index (χ4n) is 4.34. The van der Waals surface area contributed by atoms with Crippen LogP contribution in [0.5, 0.6) is 0 Å². The second-order valence-corrected chi connectivity index (χ2v) is 7.15. The normalized spacial score (nSPS) is 36.2. The van der Waals surface area contributed by atoms with Gasteiger partial charge in [0.1, 0.15) is 0 Å². The van der Waals surface area contributed by atoms with E-state index in [1.165, 1.54) is 44.3 Å². The molecule has 1 unspecified atom stereocenters. The van der Waals surface area contributed by atoms with Crippen molar-refractivity contribution in [1.82, 2.24) is 4.90 Å². The third-order valence-corrected chi connectivity index (χ3v) is 5.59. The van der Waals surface area contributed by atoms with Crippen LogP contribution in [0.2, 0.25) is 0 Å². The van der Waals surface area contributed by atoms with Crippen LogP contribution in [0.15, 0.2) is 30.3 Å². The van der Waals surface area contributed by atoms with Crippen molar-refractivity contribution >= 4 is 0 Å². The average Bonchev–Trinajstić information content (AvgIpc) is 3.20. The van der Waals surface area contributed by atoms with Gasteiger partial charge in [-0.1, -0.05) is 30.3 Å². The molecule has 0 bridgehead atoms. The standard InChI is InChI=1S/C19H27NO2/c1-2-6-16(7-3-1)17-8-10-19(11-9-17)21-15-18(22-19)14-20-12-4-5-13-20/h1-3,6-7,17-18H,4-5,8-15H2. The number of likely N-dealkylation sites (tertiary alicyclic amines) is 1. The predicted molar refractivity (Wildman–Crippen MR) is 86.9 cm³/mol. The summed E-state index contributed by atoms with van der Waals surface area (Å²) < 4.78 is 12.5. The summed E-state index contributed by atoms with van der Waals surface area (Å²) in [5.41, 5.74) is 1.48. The molecule has 2 saturated heterocycles. The van der Waals surface area contributed by atoms with Crippen LogP contribution < -0.4 is 0 Å². The molecule has 3 fully saturated rings. The van der Waals surface area contributed by atoms with Crippen LogP contribution in [0, 0.1) is 0 Å². The first-order valence-corrected chi connectivity index (χ1v) is 8.92. The first-order valence-electron chi connectivity index (χ1n) is 8.92. The zero-order valence-corrected chi connectivity index (χ0v) is 13.4. The Morgan fingerprint density at radius 2 is 1.77 bits per heavy atom. The SMILES string of the molecule is c1ccc(C2CCC3(CC2)OCC(CN2CCCC2)O3)cc1. The highest BCUT2D eigenvalue weighted by Gasteiger charge is 2.44. The van der Waals surface area contributed by atoms with Gasteiger partial charge in [0, 0.05) is 19.4 Å². The van der Waals surface area contributed by atoms with E-state index < -0.39 is 0 Å². The van der Waals surface area contributed by atoms with Crippen LogP contribution in [0.3, 0.4) is 0 Å². The molecule has 22 heavy (non-hydrogen) atoms. The Labute approximate surface area is 133 Å². The molecule has 1 saturated carbocycles. The average molecular weight is 301 g/mol. The minimum absolute atomic E-state index is 0.268. The van der Waals surface area contributed by atoms with Gasteiger partial charge in [-0.05, 0) is 50.3 Å². The summed E-state index contributed by atoms with van der Waals surface area (Å²) >= 11 is 0. The lowest BCUT2D eigenvalue weighted by atomic mass is 9.81. The Hall–Kier alpha value is -0.900. The number of benzene rings is 1. The van der Waals surface area contributed by atoms with Gasteiger partial charge >= 0.3 is 0 Å². The van der Waals surface area contributed by atoms with Crippen LogP contribution in [0.25, 0.3) is 0 Å². The van der Waals surface area contributed by atoms with Crippen molar-refractivity contribution in [3.05, 3.63) is 35.9 Å². The molecule has 1 aromatic carbocycles. The second kappa shape index (κ2) is 6.31. The molecule has 1 spiro atoms. The summed E-state index contributed by atoms with van der Waals surface area (Å²) in [6.45, 7) is 4.32. The number of hydrogen-bond donors (Lipinski definition) is 0. The van der Waals surface area contributed by atoms with Gasteiger partial charge in [0.2, 0.25) is 0 Å². The predicted octanol–water partition coefficient (Wildman–Crippen LogP) is 3.55. The van der Waals surface area contributed by atoms with Crippen molar-refractivity contribution in [2.24, 2.45) is 0 Å². The van der Waals surface area contributed by atoms with E-state index in [-0.39, 0.29) is 11.9 Å². The largest absolute Gasteiger partial charge is 0.347 e. The summed E-state index contributed by atoms with van der Waals surface area (Å²) in [5.74, 6) is 0.409. The van der Waals surface area contributed by atoms with Crippen LogP contribution in [0.1, 0.15) is 50.0 Å². The lowest BCUT2D eigenvalue weighted by Gasteiger charge is -2.36. The summed E-state index contributed by atoms with van der Waals surface area (Å²) in [7, 11) is 0. The zero-order valence-electron chi connectivity index (χ0n) is 13.4. The Bertz CT molecular complexity index is 475. The van der Waals surface area contributed by atoms with Gasteiger partial charge in [-0.2, -0.15) is 0 Å². The maximum Gasteiger partial charge on any atom is 0.169 e. The van der Waals surface area contributed by atoms with Crippen molar-refractivity contribution in [1.29, 1.82) is 0 Å². The van der Waals surface area contributed by atoms with E-state index in [1.54, 1.807) is 0 Å². The molecule has 0 amide bonds. The number of hydrogen-bond acceptors (Lipinski definition) is 3. The molecule has 3 heteroatoms. The molecule has 3 aliphatic rings. The van der Waals surface area contributed by atoms with Gasteiger partial charge in [-0.15, -0.1) is 0 Å². The van der Waals surface area contributed by atoms with Gasteiger partial charge in [-0.3, -0.25) is 0 Å². The molecule has 0 N–H and O–H groups in total. The summed E-state index contributed by atoms with van der Waals surface area (Å²) in [5, 5.41) is 0. The summed E-state index contributed by atoms with van der Waals surface area (Å²) in [6, 6.07) is 10.9. The maximum absolute atomic E-state index is 6.37. The number of rotatable bonds is 3. The second-order valence-electron chi connectivity index (χ2n) is 7.15. The molecule has 1 aliphatic carbocycles. The van der Waals surface area contributed by atoms with Crippen LogP contribution in [-0.2, 0) is 9.47 Å². The molecular formula is C19H27NO2. The van der Waals surface area contributed by atoms with Crippen LogP contribution in [0.4, 0.5) is 0 Å². The molecule has 3 nitrogen and oxygen atoms in total. The van der Waals surface area contributed by atoms with E-state index in [1.807, 2.05) is 0 Å². The number of ether oxygens (including phenoxy) is 2.